The second-order valence-corrected chi connectivity index (χ2v) is 17.1. The van der Waals surface area contributed by atoms with Gasteiger partial charge in [0.2, 0.25) is 0 Å². The van der Waals surface area contributed by atoms with E-state index in [2.05, 4.69) is 51.1 Å². The number of hydrogen-bond donors (Lipinski definition) is 0. The van der Waals surface area contributed by atoms with Crippen molar-refractivity contribution in [1.82, 2.24) is 0 Å². The third-order valence-electron chi connectivity index (χ3n) is 13.9. The van der Waals surface area contributed by atoms with Gasteiger partial charge in [0, 0.05) is 48.9 Å². The van der Waals surface area contributed by atoms with E-state index in [4.69, 9.17) is 0 Å². The van der Waals surface area contributed by atoms with E-state index in [1.54, 1.807) is 0 Å². The van der Waals surface area contributed by atoms with E-state index in [-0.39, 0.29) is 47.9 Å². The van der Waals surface area contributed by atoms with Crippen molar-refractivity contribution in [3.05, 3.63) is 69.8 Å². The van der Waals surface area contributed by atoms with Gasteiger partial charge in [-0.05, 0) is 130 Å². The van der Waals surface area contributed by atoms with Crippen LogP contribution in [0.3, 0.4) is 0 Å². The van der Waals surface area contributed by atoms with Gasteiger partial charge in [-0.3, -0.25) is 19.2 Å². The normalized spacial score (nSPS) is 27.6. The van der Waals surface area contributed by atoms with Crippen molar-refractivity contribution in [2.45, 2.75) is 143 Å². The zero-order chi connectivity index (χ0) is 34.7. The molecule has 0 saturated heterocycles. The Morgan fingerprint density at radius 1 is 0.673 bits per heavy atom. The first-order chi connectivity index (χ1) is 23.5. The van der Waals surface area contributed by atoms with Crippen molar-refractivity contribution >= 4 is 23.1 Å². The van der Waals surface area contributed by atoms with Gasteiger partial charge in [-0.25, -0.2) is 0 Å². The Morgan fingerprint density at radius 3 is 1.98 bits per heavy atom. The number of carbonyl (C=O) groups is 4. The van der Waals surface area contributed by atoms with Crippen molar-refractivity contribution in [3.63, 3.8) is 0 Å². The van der Waals surface area contributed by atoms with Crippen molar-refractivity contribution in [3.8, 4) is 0 Å². The zero-order valence-electron chi connectivity index (χ0n) is 30.8. The summed E-state index contributed by atoms with van der Waals surface area (Å²) in [6.07, 6.45) is 16.0. The highest BCUT2D eigenvalue weighted by Gasteiger charge is 2.44. The highest BCUT2D eigenvalue weighted by molar-refractivity contribution is 5.97. The highest BCUT2D eigenvalue weighted by atomic mass is 16.1. The summed E-state index contributed by atoms with van der Waals surface area (Å²) in [7, 11) is 0. The summed E-state index contributed by atoms with van der Waals surface area (Å²) < 4.78 is 0. The fourth-order valence-electron chi connectivity index (χ4n) is 10.5. The Hall–Kier alpha value is -2.88. The number of aryl methyl sites for hydroxylation is 1. The molecular weight excluding hydrogens is 604 g/mol. The first-order valence-electron chi connectivity index (χ1n) is 19.8. The third-order valence-corrected chi connectivity index (χ3v) is 13.9. The maximum Gasteiger partial charge on any atom is 0.142 e. The second kappa shape index (κ2) is 15.6. The Kier molecular flexibility index (Phi) is 11.4. The van der Waals surface area contributed by atoms with Crippen molar-refractivity contribution in [1.29, 1.82) is 0 Å². The minimum absolute atomic E-state index is 0.0491. The van der Waals surface area contributed by atoms with Crippen LogP contribution < -0.4 is 0 Å². The lowest BCUT2D eigenvalue weighted by Gasteiger charge is -2.39. The largest absolute Gasteiger partial charge is 0.299 e. The molecule has 2 aromatic rings. The lowest BCUT2D eigenvalue weighted by molar-refractivity contribution is -0.142. The van der Waals surface area contributed by atoms with Crippen LogP contribution in [-0.2, 0) is 38.4 Å². The predicted molar refractivity (Wildman–Crippen MR) is 197 cm³/mol. The molecule has 4 aliphatic rings. The van der Waals surface area contributed by atoms with Gasteiger partial charge in [-0.2, -0.15) is 0 Å². The number of fused-ring (bicyclic) bond motifs is 1. The topological polar surface area (TPSA) is 68.3 Å². The molecule has 2 aromatic carbocycles. The van der Waals surface area contributed by atoms with Gasteiger partial charge in [-0.1, -0.05) is 75.4 Å². The number of hydrogen-bond acceptors (Lipinski definition) is 4. The minimum atomic E-state index is -0.968. The molecule has 3 fully saturated rings. The summed E-state index contributed by atoms with van der Waals surface area (Å²) in [5.74, 6) is 2.49. The van der Waals surface area contributed by atoms with Crippen LogP contribution >= 0.6 is 0 Å². The summed E-state index contributed by atoms with van der Waals surface area (Å²) in [5, 5.41) is 0. The smallest absolute Gasteiger partial charge is 0.142 e. The van der Waals surface area contributed by atoms with Gasteiger partial charge >= 0.3 is 0 Å². The van der Waals surface area contributed by atoms with E-state index in [0.29, 0.717) is 24.5 Å². The average Bonchev–Trinajstić information content (AvgIpc) is 3.11. The maximum atomic E-state index is 14.5. The molecule has 0 spiro atoms. The zero-order valence-corrected chi connectivity index (χ0v) is 30.8. The van der Waals surface area contributed by atoms with Gasteiger partial charge in [0.1, 0.15) is 23.1 Å². The monoisotopic (exact) mass is 664 g/mol. The SMILES string of the molecule is Cc1ccc(CC(=O)CC(C)(CC(=O)C2CCC(C3Cc4ccccc4CC3=O)CC2)C(=O)C2CCC(C3CCCCC3)CC2)c(C)c1C. The average molecular weight is 665 g/mol. The molecule has 264 valence electrons. The predicted octanol–water partition coefficient (Wildman–Crippen LogP) is 9.83. The fourth-order valence-corrected chi connectivity index (χ4v) is 10.5. The molecule has 4 nitrogen and oxygen atoms in total. The van der Waals surface area contributed by atoms with Crippen molar-refractivity contribution < 1.29 is 19.2 Å². The van der Waals surface area contributed by atoms with Crippen LogP contribution in [0.1, 0.15) is 137 Å². The molecule has 2 atom stereocenters. The molecule has 4 aliphatic carbocycles. The summed E-state index contributed by atoms with van der Waals surface area (Å²) >= 11 is 0. The number of benzene rings is 2. The van der Waals surface area contributed by atoms with E-state index < -0.39 is 5.41 Å². The summed E-state index contributed by atoms with van der Waals surface area (Å²) in [6, 6.07) is 12.5. The molecule has 2 unspecified atom stereocenters. The lowest BCUT2D eigenvalue weighted by atomic mass is 9.64. The van der Waals surface area contributed by atoms with Crippen LogP contribution in [0.15, 0.2) is 36.4 Å². The van der Waals surface area contributed by atoms with Crippen LogP contribution in [0.4, 0.5) is 0 Å². The Morgan fingerprint density at radius 2 is 1.29 bits per heavy atom. The molecule has 0 radical (unpaired) electrons. The number of carbonyl (C=O) groups excluding carboxylic acids is 4. The molecule has 6 rings (SSSR count). The van der Waals surface area contributed by atoms with Crippen molar-refractivity contribution in [2.24, 2.45) is 40.9 Å². The van der Waals surface area contributed by atoms with Crippen LogP contribution in [0.5, 0.6) is 0 Å². The van der Waals surface area contributed by atoms with Crippen LogP contribution in [0.2, 0.25) is 0 Å². The number of ketones is 4. The van der Waals surface area contributed by atoms with Crippen LogP contribution in [0.25, 0.3) is 0 Å². The Labute approximate surface area is 295 Å². The molecule has 0 heterocycles. The van der Waals surface area contributed by atoms with E-state index in [1.807, 2.05) is 13.0 Å². The molecule has 0 aromatic heterocycles. The first kappa shape index (κ1) is 35.9. The summed E-state index contributed by atoms with van der Waals surface area (Å²) in [6.45, 7) is 8.22. The van der Waals surface area contributed by atoms with Gasteiger partial charge in [0.25, 0.3) is 0 Å². The van der Waals surface area contributed by atoms with E-state index in [1.165, 1.54) is 54.4 Å². The van der Waals surface area contributed by atoms with Crippen molar-refractivity contribution in [2.75, 3.05) is 0 Å². The van der Waals surface area contributed by atoms with Gasteiger partial charge in [-0.15, -0.1) is 0 Å². The summed E-state index contributed by atoms with van der Waals surface area (Å²) in [4.78, 5) is 55.6. The van der Waals surface area contributed by atoms with Gasteiger partial charge in [0.15, 0.2) is 0 Å². The highest BCUT2D eigenvalue weighted by Crippen LogP contribution is 2.45. The van der Waals surface area contributed by atoms with E-state index in [9.17, 15) is 19.2 Å². The lowest BCUT2D eigenvalue weighted by Crippen LogP contribution is -2.41. The molecule has 0 N–H and O–H groups in total. The van der Waals surface area contributed by atoms with Crippen LogP contribution in [-0.4, -0.2) is 23.1 Å². The number of Topliss-reactive ketones (excluding diaryl/α,β-unsaturated/α-hetero) is 4. The molecule has 4 heteroatoms. The molecule has 0 amide bonds. The maximum absolute atomic E-state index is 14.5. The quantitative estimate of drug-likeness (QED) is 0.240. The number of rotatable bonds is 11. The third kappa shape index (κ3) is 8.20. The molecule has 0 aliphatic heterocycles. The molecule has 3 saturated carbocycles. The molecule has 49 heavy (non-hydrogen) atoms. The standard InChI is InChI=1S/C45H60O4/c1-29-14-15-37(31(3)30(29)2)24-40(46)27-45(4,44(49)36-22-16-33(17-23-36)32-10-6-5-7-11-32)28-43(48)35-20-18-34(19-21-35)41-25-38-12-8-9-13-39(38)26-42(41)47/h8-9,12-15,32-36,41H,5-7,10-11,16-28H2,1-4H3. The summed E-state index contributed by atoms with van der Waals surface area (Å²) in [5.41, 5.74) is 6.11. The molecule has 0 bridgehead atoms. The van der Waals surface area contributed by atoms with E-state index in [0.717, 1.165) is 80.8 Å². The van der Waals surface area contributed by atoms with Gasteiger partial charge < -0.3 is 0 Å². The Bertz CT molecular complexity index is 1530. The van der Waals surface area contributed by atoms with E-state index >= 15 is 0 Å². The molecular formula is C45H60O4. The minimum Gasteiger partial charge on any atom is -0.299 e. The fraction of sp³-hybridized carbons (Fsp3) is 0.644. The van der Waals surface area contributed by atoms with Crippen LogP contribution in [0, 0.1) is 61.7 Å². The van der Waals surface area contributed by atoms with Gasteiger partial charge in [0.05, 0.1) is 0 Å². The Balaban J connectivity index is 1.12. The second-order valence-electron chi connectivity index (χ2n) is 17.1. The first-order valence-corrected chi connectivity index (χ1v) is 19.8.